The summed E-state index contributed by atoms with van der Waals surface area (Å²) >= 11 is 5.62. The molecule has 1 aromatic carbocycles. The predicted octanol–water partition coefficient (Wildman–Crippen LogP) is 3.72. The number of piperidine rings is 1. The molecule has 4 nitrogen and oxygen atoms in total. The lowest BCUT2D eigenvalue weighted by Gasteiger charge is -2.38. The molecule has 0 saturated carbocycles. The Balaban J connectivity index is 1.78. The van der Waals surface area contributed by atoms with Gasteiger partial charge in [-0.05, 0) is 6.07 Å². The molecule has 0 aromatic heterocycles. The molecule has 0 unspecified atom stereocenters. The summed E-state index contributed by atoms with van der Waals surface area (Å²) in [6.07, 6.45) is -3.88. The van der Waals surface area contributed by atoms with Crippen LogP contribution in [0, 0.1) is 5.82 Å². The number of ether oxygens (including phenoxy) is 3. The zero-order valence-electron chi connectivity index (χ0n) is 12.0. The average molecular weight is 356 g/mol. The number of hydrogen-bond donors (Lipinski definition) is 0. The van der Waals surface area contributed by atoms with Crippen molar-refractivity contribution >= 4 is 17.3 Å². The average Bonchev–Trinajstić information content (AvgIpc) is 2.90. The number of hydrogen-bond acceptors (Lipinski definition) is 4. The topological polar surface area (TPSA) is 30.9 Å². The van der Waals surface area contributed by atoms with E-state index < -0.39 is 28.7 Å². The highest BCUT2D eigenvalue weighted by Crippen LogP contribution is 2.38. The molecular formula is C14H14ClF4NO3. The molecule has 1 spiro atoms. The van der Waals surface area contributed by atoms with E-state index in [0.717, 1.165) is 12.1 Å². The SMILES string of the molecule is Fc1cc(Cl)c(OC(F)(F)F)cc1N1CCC2(CC1)OCCO2. The third-order valence-corrected chi connectivity index (χ3v) is 4.20. The van der Waals surface area contributed by atoms with E-state index in [4.69, 9.17) is 21.1 Å². The Kier molecular flexibility index (Phi) is 4.33. The molecule has 2 heterocycles. The van der Waals surface area contributed by atoms with Crippen LogP contribution in [0.1, 0.15) is 12.8 Å². The molecule has 2 aliphatic heterocycles. The third kappa shape index (κ3) is 3.64. The van der Waals surface area contributed by atoms with Gasteiger partial charge in [-0.3, -0.25) is 0 Å². The van der Waals surface area contributed by atoms with E-state index in [1.165, 1.54) is 0 Å². The summed E-state index contributed by atoms with van der Waals surface area (Å²) < 4.78 is 66.2. The van der Waals surface area contributed by atoms with Crippen LogP contribution in [-0.2, 0) is 9.47 Å². The summed E-state index contributed by atoms with van der Waals surface area (Å²) in [4.78, 5) is 1.63. The summed E-state index contributed by atoms with van der Waals surface area (Å²) in [6.45, 7) is 1.81. The fourth-order valence-corrected chi connectivity index (χ4v) is 3.03. The van der Waals surface area contributed by atoms with Crippen molar-refractivity contribution in [3.63, 3.8) is 0 Å². The predicted molar refractivity (Wildman–Crippen MR) is 74.2 cm³/mol. The maximum Gasteiger partial charge on any atom is 0.573 e. The molecule has 1 aromatic rings. The normalized spacial score (nSPS) is 21.0. The van der Waals surface area contributed by atoms with Gasteiger partial charge < -0.3 is 19.1 Å². The third-order valence-electron chi connectivity index (χ3n) is 3.91. The minimum Gasteiger partial charge on any atom is -0.404 e. The minimum atomic E-state index is -4.89. The molecule has 128 valence electrons. The van der Waals surface area contributed by atoms with Crippen LogP contribution in [-0.4, -0.2) is 38.5 Å². The molecule has 2 fully saturated rings. The summed E-state index contributed by atoms with van der Waals surface area (Å²) in [5.74, 6) is -1.97. The second kappa shape index (κ2) is 5.99. The molecule has 0 N–H and O–H groups in total. The Labute approximate surface area is 134 Å². The van der Waals surface area contributed by atoms with Gasteiger partial charge in [-0.1, -0.05) is 11.6 Å². The van der Waals surface area contributed by atoms with Crippen molar-refractivity contribution in [2.45, 2.75) is 25.0 Å². The van der Waals surface area contributed by atoms with Crippen LogP contribution in [0.4, 0.5) is 23.2 Å². The van der Waals surface area contributed by atoms with E-state index in [-0.39, 0.29) is 5.69 Å². The van der Waals surface area contributed by atoms with Crippen molar-refractivity contribution in [3.05, 3.63) is 23.0 Å². The fourth-order valence-electron chi connectivity index (χ4n) is 2.84. The molecule has 3 rings (SSSR count). The van der Waals surface area contributed by atoms with Gasteiger partial charge in [0.05, 0.1) is 23.9 Å². The van der Waals surface area contributed by atoms with Gasteiger partial charge >= 0.3 is 6.36 Å². The maximum atomic E-state index is 14.1. The summed E-state index contributed by atoms with van der Waals surface area (Å²) in [5, 5.41) is -0.431. The Hall–Kier alpha value is -1.25. The zero-order valence-corrected chi connectivity index (χ0v) is 12.7. The van der Waals surface area contributed by atoms with Gasteiger partial charge in [0.1, 0.15) is 11.6 Å². The van der Waals surface area contributed by atoms with E-state index in [1.54, 1.807) is 4.90 Å². The van der Waals surface area contributed by atoms with Crippen LogP contribution < -0.4 is 9.64 Å². The minimum absolute atomic E-state index is 0.0153. The van der Waals surface area contributed by atoms with Crippen LogP contribution in [0.5, 0.6) is 5.75 Å². The number of rotatable bonds is 2. The Morgan fingerprint density at radius 1 is 1.13 bits per heavy atom. The molecule has 9 heteroatoms. The largest absolute Gasteiger partial charge is 0.573 e. The summed E-state index contributed by atoms with van der Waals surface area (Å²) in [6, 6.07) is 1.80. The maximum absolute atomic E-state index is 14.1. The standard InChI is InChI=1S/C14H14ClF4NO3/c15-9-7-10(16)11(8-12(9)23-14(17,18)19)20-3-1-13(2-4-20)21-5-6-22-13/h7-8H,1-6H2. The quantitative estimate of drug-likeness (QED) is 0.757. The first-order chi connectivity index (χ1) is 10.8. The van der Waals surface area contributed by atoms with E-state index in [2.05, 4.69) is 4.74 Å². The van der Waals surface area contributed by atoms with Crippen LogP contribution in [0.25, 0.3) is 0 Å². The van der Waals surface area contributed by atoms with Crippen molar-refractivity contribution in [1.82, 2.24) is 0 Å². The first kappa shape index (κ1) is 16.6. The first-order valence-corrected chi connectivity index (χ1v) is 7.43. The van der Waals surface area contributed by atoms with Crippen molar-refractivity contribution in [1.29, 1.82) is 0 Å². The van der Waals surface area contributed by atoms with E-state index in [1.807, 2.05) is 0 Å². The Morgan fingerprint density at radius 3 is 2.30 bits per heavy atom. The molecule has 2 aliphatic rings. The molecule has 0 amide bonds. The van der Waals surface area contributed by atoms with Gasteiger partial charge in [-0.2, -0.15) is 0 Å². The molecule has 0 bridgehead atoms. The second-order valence-corrected chi connectivity index (χ2v) is 5.78. The molecular weight excluding hydrogens is 342 g/mol. The molecule has 0 atom stereocenters. The summed E-state index contributed by atoms with van der Waals surface area (Å²) in [7, 11) is 0. The van der Waals surface area contributed by atoms with Crippen molar-refractivity contribution in [2.75, 3.05) is 31.2 Å². The molecule has 2 saturated heterocycles. The number of alkyl halides is 3. The van der Waals surface area contributed by atoms with Crippen LogP contribution in [0.2, 0.25) is 5.02 Å². The van der Waals surface area contributed by atoms with Crippen molar-refractivity contribution < 1.29 is 31.8 Å². The fraction of sp³-hybridized carbons (Fsp3) is 0.571. The molecule has 0 radical (unpaired) electrons. The number of benzene rings is 1. The lowest BCUT2D eigenvalue weighted by molar-refractivity contribution is -0.274. The number of anilines is 1. The van der Waals surface area contributed by atoms with E-state index in [9.17, 15) is 17.6 Å². The van der Waals surface area contributed by atoms with Gasteiger partial charge in [0.2, 0.25) is 0 Å². The smallest absolute Gasteiger partial charge is 0.404 e. The highest BCUT2D eigenvalue weighted by atomic mass is 35.5. The first-order valence-electron chi connectivity index (χ1n) is 7.06. The van der Waals surface area contributed by atoms with Crippen LogP contribution in [0.15, 0.2) is 12.1 Å². The van der Waals surface area contributed by atoms with Gasteiger partial charge in [-0.25, -0.2) is 4.39 Å². The van der Waals surface area contributed by atoms with E-state index in [0.29, 0.717) is 39.1 Å². The summed E-state index contributed by atoms with van der Waals surface area (Å²) in [5.41, 5.74) is 0.0153. The van der Waals surface area contributed by atoms with Gasteiger partial charge in [0.15, 0.2) is 5.79 Å². The number of nitrogens with zero attached hydrogens (tertiary/aromatic N) is 1. The Morgan fingerprint density at radius 2 is 1.74 bits per heavy atom. The lowest BCUT2D eigenvalue weighted by atomic mass is 10.0. The zero-order chi connectivity index (χ0) is 16.7. The van der Waals surface area contributed by atoms with Crippen molar-refractivity contribution in [3.8, 4) is 5.75 Å². The van der Waals surface area contributed by atoms with Crippen LogP contribution in [0.3, 0.4) is 0 Å². The lowest BCUT2D eigenvalue weighted by Crippen LogP contribution is -2.45. The van der Waals surface area contributed by atoms with Gasteiger partial charge in [0, 0.05) is 32.0 Å². The van der Waals surface area contributed by atoms with Gasteiger partial charge in [0.25, 0.3) is 0 Å². The molecule has 23 heavy (non-hydrogen) atoms. The monoisotopic (exact) mass is 355 g/mol. The second-order valence-electron chi connectivity index (χ2n) is 5.38. The van der Waals surface area contributed by atoms with Crippen LogP contribution >= 0.6 is 11.6 Å². The van der Waals surface area contributed by atoms with Gasteiger partial charge in [-0.15, -0.1) is 13.2 Å². The highest BCUT2D eigenvalue weighted by Gasteiger charge is 2.40. The number of halogens is 5. The molecule has 0 aliphatic carbocycles. The highest BCUT2D eigenvalue weighted by molar-refractivity contribution is 6.32. The Bertz CT molecular complexity index is 580. The van der Waals surface area contributed by atoms with Crippen molar-refractivity contribution in [2.24, 2.45) is 0 Å². The van der Waals surface area contributed by atoms with E-state index >= 15 is 0 Å².